The lowest BCUT2D eigenvalue weighted by molar-refractivity contribution is -0.132. The van der Waals surface area contributed by atoms with Crippen molar-refractivity contribution in [2.45, 2.75) is 40.7 Å². The van der Waals surface area contributed by atoms with E-state index in [1.165, 1.54) is 33.4 Å². The molecule has 5 heteroatoms. The Morgan fingerprint density at radius 3 is 2.12 bits per heavy atom. The molecule has 2 heterocycles. The molecular formula is C28H34ClN3O. The van der Waals surface area contributed by atoms with Crippen molar-refractivity contribution < 1.29 is 4.79 Å². The average molecular weight is 464 g/mol. The van der Waals surface area contributed by atoms with Gasteiger partial charge >= 0.3 is 0 Å². The first kappa shape index (κ1) is 24.9. The van der Waals surface area contributed by atoms with Gasteiger partial charge in [-0.1, -0.05) is 29.8 Å². The van der Waals surface area contributed by atoms with Gasteiger partial charge in [-0.15, -0.1) is 12.4 Å². The molecule has 0 atom stereocenters. The van der Waals surface area contributed by atoms with Crippen LogP contribution in [0.3, 0.4) is 0 Å². The molecule has 33 heavy (non-hydrogen) atoms. The van der Waals surface area contributed by atoms with Crippen LogP contribution in [0.5, 0.6) is 0 Å². The van der Waals surface area contributed by atoms with Crippen molar-refractivity contribution in [2.24, 2.45) is 0 Å². The summed E-state index contributed by atoms with van der Waals surface area (Å²) in [5, 5.41) is 0. The maximum atomic E-state index is 12.7. The fourth-order valence-electron chi connectivity index (χ4n) is 4.32. The van der Waals surface area contributed by atoms with Crippen molar-refractivity contribution >= 4 is 18.3 Å². The van der Waals surface area contributed by atoms with Crippen molar-refractivity contribution in [3.63, 3.8) is 0 Å². The number of carbonyl (C=O) groups excluding carboxylic acids is 1. The third-order valence-corrected chi connectivity index (χ3v) is 6.65. The minimum Gasteiger partial charge on any atom is -0.340 e. The van der Waals surface area contributed by atoms with Crippen LogP contribution in [-0.4, -0.2) is 46.9 Å². The molecule has 3 aromatic rings. The Hall–Kier alpha value is -2.69. The van der Waals surface area contributed by atoms with Crippen molar-refractivity contribution in [1.82, 2.24) is 14.8 Å². The fourth-order valence-corrected chi connectivity index (χ4v) is 4.32. The first-order valence-electron chi connectivity index (χ1n) is 11.5. The first-order valence-corrected chi connectivity index (χ1v) is 11.5. The zero-order valence-corrected chi connectivity index (χ0v) is 20.9. The SMILES string of the molecule is Cc1ccc(CC(=O)N2CCN(Cc3ccnc(-c4cc(C)c(C)c(C)c4)c3)CC2)cc1.Cl. The Morgan fingerprint density at radius 1 is 0.848 bits per heavy atom. The van der Waals surface area contributed by atoms with E-state index in [0.29, 0.717) is 6.42 Å². The fraction of sp³-hybridized carbons (Fsp3) is 0.357. The number of piperazine rings is 1. The topological polar surface area (TPSA) is 36.4 Å². The van der Waals surface area contributed by atoms with Crippen LogP contribution in [-0.2, 0) is 17.8 Å². The Balaban J connectivity index is 0.00000306. The number of halogens is 1. The minimum absolute atomic E-state index is 0. The maximum absolute atomic E-state index is 12.7. The number of rotatable bonds is 5. The van der Waals surface area contributed by atoms with E-state index in [-0.39, 0.29) is 18.3 Å². The summed E-state index contributed by atoms with van der Waals surface area (Å²) in [6, 6.07) is 17.0. The lowest BCUT2D eigenvalue weighted by Crippen LogP contribution is -2.48. The van der Waals surface area contributed by atoms with Gasteiger partial charge in [-0.25, -0.2) is 0 Å². The Kier molecular flexibility index (Phi) is 8.28. The monoisotopic (exact) mass is 463 g/mol. The molecule has 0 saturated carbocycles. The zero-order chi connectivity index (χ0) is 22.7. The summed E-state index contributed by atoms with van der Waals surface area (Å²) in [4.78, 5) is 21.8. The number of hydrogen-bond donors (Lipinski definition) is 0. The third kappa shape index (κ3) is 6.21. The van der Waals surface area contributed by atoms with Crippen molar-refractivity contribution in [1.29, 1.82) is 0 Å². The second-order valence-electron chi connectivity index (χ2n) is 9.10. The molecule has 1 fully saturated rings. The number of aromatic nitrogens is 1. The molecule has 0 N–H and O–H groups in total. The molecule has 1 aromatic heterocycles. The molecule has 4 nitrogen and oxygen atoms in total. The maximum Gasteiger partial charge on any atom is 0.227 e. The number of pyridine rings is 1. The van der Waals surface area contributed by atoms with Crippen LogP contribution in [0.4, 0.5) is 0 Å². The standard InChI is InChI=1S/C28H33N3O.ClH/c1-20-5-7-24(8-6-20)18-28(32)31-13-11-30(12-14-31)19-25-9-10-29-27(17-25)26-15-21(2)23(4)22(3)16-26;/h5-10,15-17H,11-14,18-19H2,1-4H3;1H. The van der Waals surface area contributed by atoms with Gasteiger partial charge in [0.15, 0.2) is 0 Å². The quantitative estimate of drug-likeness (QED) is 0.515. The van der Waals surface area contributed by atoms with Crippen LogP contribution in [0.15, 0.2) is 54.7 Å². The third-order valence-electron chi connectivity index (χ3n) is 6.65. The molecule has 0 unspecified atom stereocenters. The van der Waals surface area contributed by atoms with Gasteiger partial charge in [-0.2, -0.15) is 0 Å². The van der Waals surface area contributed by atoms with E-state index in [1.54, 1.807) is 0 Å². The highest BCUT2D eigenvalue weighted by molar-refractivity contribution is 5.85. The van der Waals surface area contributed by atoms with Gasteiger partial charge in [0, 0.05) is 44.5 Å². The lowest BCUT2D eigenvalue weighted by Gasteiger charge is -2.35. The molecular weight excluding hydrogens is 430 g/mol. The molecule has 0 radical (unpaired) electrons. The van der Waals surface area contributed by atoms with Crippen LogP contribution >= 0.6 is 12.4 Å². The zero-order valence-electron chi connectivity index (χ0n) is 20.1. The number of benzene rings is 2. The Morgan fingerprint density at radius 2 is 1.48 bits per heavy atom. The molecule has 0 bridgehead atoms. The first-order chi connectivity index (χ1) is 15.4. The Labute approximate surface area is 204 Å². The van der Waals surface area contributed by atoms with E-state index in [0.717, 1.165) is 44.0 Å². The number of carbonyl (C=O) groups is 1. The molecule has 0 spiro atoms. The normalized spacial score (nSPS) is 14.1. The minimum atomic E-state index is 0. The van der Waals surface area contributed by atoms with Crippen LogP contribution in [0.25, 0.3) is 11.3 Å². The van der Waals surface area contributed by atoms with Crippen LogP contribution in [0, 0.1) is 27.7 Å². The highest BCUT2D eigenvalue weighted by atomic mass is 35.5. The van der Waals surface area contributed by atoms with Crippen molar-refractivity contribution in [3.8, 4) is 11.3 Å². The number of nitrogens with zero attached hydrogens (tertiary/aromatic N) is 3. The van der Waals surface area contributed by atoms with Crippen LogP contribution in [0.1, 0.15) is 33.4 Å². The Bertz CT molecular complexity index is 1080. The van der Waals surface area contributed by atoms with Gasteiger partial charge in [-0.3, -0.25) is 14.7 Å². The van der Waals surface area contributed by atoms with Gasteiger partial charge in [0.1, 0.15) is 0 Å². The van der Waals surface area contributed by atoms with Crippen LogP contribution in [0.2, 0.25) is 0 Å². The molecule has 1 saturated heterocycles. The molecule has 2 aromatic carbocycles. The lowest BCUT2D eigenvalue weighted by atomic mass is 9.98. The highest BCUT2D eigenvalue weighted by Crippen LogP contribution is 2.24. The molecule has 174 valence electrons. The van der Waals surface area contributed by atoms with E-state index in [4.69, 9.17) is 0 Å². The summed E-state index contributed by atoms with van der Waals surface area (Å²) < 4.78 is 0. The second-order valence-corrected chi connectivity index (χ2v) is 9.10. The molecule has 1 aliphatic heterocycles. The average Bonchev–Trinajstić information content (AvgIpc) is 2.79. The van der Waals surface area contributed by atoms with Crippen LogP contribution < -0.4 is 0 Å². The van der Waals surface area contributed by atoms with E-state index in [1.807, 2.05) is 11.1 Å². The molecule has 0 aliphatic carbocycles. The summed E-state index contributed by atoms with van der Waals surface area (Å²) in [6.07, 6.45) is 2.40. The van der Waals surface area contributed by atoms with Gasteiger partial charge in [0.25, 0.3) is 0 Å². The highest BCUT2D eigenvalue weighted by Gasteiger charge is 2.21. The van der Waals surface area contributed by atoms with E-state index >= 15 is 0 Å². The predicted molar refractivity (Wildman–Crippen MR) is 138 cm³/mol. The summed E-state index contributed by atoms with van der Waals surface area (Å²) in [5.41, 5.74) is 9.75. The van der Waals surface area contributed by atoms with Crippen molar-refractivity contribution in [3.05, 3.63) is 88.1 Å². The second kappa shape index (κ2) is 11.0. The van der Waals surface area contributed by atoms with Gasteiger partial charge < -0.3 is 4.90 Å². The number of amides is 1. The number of hydrogen-bond acceptors (Lipinski definition) is 3. The largest absolute Gasteiger partial charge is 0.340 e. The van der Waals surface area contributed by atoms with Gasteiger partial charge in [0.2, 0.25) is 5.91 Å². The summed E-state index contributed by atoms with van der Waals surface area (Å²) in [7, 11) is 0. The van der Waals surface area contributed by atoms with E-state index < -0.39 is 0 Å². The molecule has 4 rings (SSSR count). The van der Waals surface area contributed by atoms with E-state index in [9.17, 15) is 4.79 Å². The molecule has 1 aliphatic rings. The van der Waals surface area contributed by atoms with E-state index in [2.05, 4.69) is 86.1 Å². The smallest absolute Gasteiger partial charge is 0.227 e. The summed E-state index contributed by atoms with van der Waals surface area (Å²) >= 11 is 0. The van der Waals surface area contributed by atoms with Crippen molar-refractivity contribution in [2.75, 3.05) is 26.2 Å². The predicted octanol–water partition coefficient (Wildman–Crippen LogP) is 5.29. The van der Waals surface area contributed by atoms with Gasteiger partial charge in [-0.05, 0) is 79.8 Å². The number of aryl methyl sites for hydroxylation is 3. The molecule has 1 amide bonds. The van der Waals surface area contributed by atoms with Gasteiger partial charge in [0.05, 0.1) is 12.1 Å². The summed E-state index contributed by atoms with van der Waals surface area (Å²) in [6.45, 7) is 12.8. The summed E-state index contributed by atoms with van der Waals surface area (Å²) in [5.74, 6) is 0.227.